The van der Waals surface area contributed by atoms with Crippen LogP contribution in [0.4, 0.5) is 0 Å². The Hall–Kier alpha value is -0.123. The van der Waals surface area contributed by atoms with E-state index in [1.165, 1.54) is 44.1 Å². The average molecular weight is 423 g/mol. The van der Waals surface area contributed by atoms with Crippen molar-refractivity contribution < 1.29 is 9.16 Å². The molecule has 0 spiro atoms. The molecule has 0 aromatic rings. The van der Waals surface area contributed by atoms with Crippen molar-refractivity contribution in [2.45, 2.75) is 124 Å². The first-order chi connectivity index (χ1) is 13.1. The van der Waals surface area contributed by atoms with Gasteiger partial charge in [-0.2, -0.15) is 0 Å². The van der Waals surface area contributed by atoms with E-state index in [1.807, 2.05) is 0 Å². The Morgan fingerprint density at radius 2 is 1.69 bits per heavy atom. The summed E-state index contributed by atoms with van der Waals surface area (Å²) in [7, 11) is -1.65. The second-order valence-corrected chi connectivity index (χ2v) is 17.6. The van der Waals surface area contributed by atoms with Crippen LogP contribution in [0.2, 0.25) is 18.1 Å². The fourth-order valence-corrected chi connectivity index (χ4v) is 6.82. The third-order valence-electron chi connectivity index (χ3n) is 8.43. The first-order valence-electron chi connectivity index (χ1n) is 12.1. The maximum atomic E-state index is 6.58. The molecule has 0 aromatic carbocycles. The highest BCUT2D eigenvalue weighted by atomic mass is 28.4. The summed E-state index contributed by atoms with van der Waals surface area (Å²) in [5.41, 5.74) is 1.66. The zero-order chi connectivity index (χ0) is 22.3. The van der Waals surface area contributed by atoms with Gasteiger partial charge in [-0.15, -0.1) is 0 Å². The fraction of sp³-hybridized carbons (Fsp3) is 0.923. The molecule has 2 rings (SSSR count). The molecule has 0 saturated heterocycles. The van der Waals surface area contributed by atoms with Gasteiger partial charge in [0.1, 0.15) is 0 Å². The molecular weight excluding hydrogens is 372 g/mol. The molecule has 0 heterocycles. The van der Waals surface area contributed by atoms with E-state index >= 15 is 0 Å². The summed E-state index contributed by atoms with van der Waals surface area (Å²) in [4.78, 5) is 0. The van der Waals surface area contributed by atoms with Crippen LogP contribution in [0.25, 0.3) is 0 Å². The minimum Gasteiger partial charge on any atom is -0.417 e. The van der Waals surface area contributed by atoms with Crippen molar-refractivity contribution in [1.29, 1.82) is 0 Å². The Bertz CT molecular complexity index is 568. The van der Waals surface area contributed by atoms with Crippen molar-refractivity contribution in [3.8, 4) is 0 Å². The smallest absolute Gasteiger partial charge is 0.191 e. The van der Waals surface area contributed by atoms with Crippen LogP contribution < -0.4 is 0 Å². The van der Waals surface area contributed by atoms with Crippen molar-refractivity contribution in [3.05, 3.63) is 12.2 Å². The number of fused-ring (bicyclic) bond motifs is 1. The Labute approximate surface area is 183 Å². The zero-order valence-electron chi connectivity index (χ0n) is 21.3. The second-order valence-electron chi connectivity index (χ2n) is 12.8. The molecule has 0 radical (unpaired) electrons. The maximum absolute atomic E-state index is 6.58. The third kappa shape index (κ3) is 5.77. The average Bonchev–Trinajstić information content (AvgIpc) is 2.85. The summed E-state index contributed by atoms with van der Waals surface area (Å²) >= 11 is 0. The first kappa shape index (κ1) is 25.1. The van der Waals surface area contributed by atoms with Crippen molar-refractivity contribution in [2.75, 3.05) is 6.61 Å². The predicted molar refractivity (Wildman–Crippen MR) is 129 cm³/mol. The summed E-state index contributed by atoms with van der Waals surface area (Å²) in [5, 5.41) is 0.291. The lowest BCUT2D eigenvalue weighted by Gasteiger charge is -2.50. The largest absolute Gasteiger partial charge is 0.417 e. The van der Waals surface area contributed by atoms with E-state index < -0.39 is 8.32 Å². The van der Waals surface area contributed by atoms with Crippen LogP contribution in [0, 0.1) is 23.2 Å². The fourth-order valence-electron chi connectivity index (χ4n) is 5.74. The molecule has 2 saturated carbocycles. The van der Waals surface area contributed by atoms with Gasteiger partial charge in [-0.05, 0) is 108 Å². The second kappa shape index (κ2) is 8.79. The highest BCUT2D eigenvalue weighted by Gasteiger charge is 2.54. The summed E-state index contributed by atoms with van der Waals surface area (Å²) in [6.45, 7) is 28.4. The molecule has 29 heavy (non-hydrogen) atoms. The Kier molecular flexibility index (Phi) is 7.62. The SMILES string of the molecule is C=C(C)[C@H]1CC[C@]2(C)[C@@H](OC(C)(C)C)CC[C@H]2[C@@H]1CCCO[Si](C)(C)C(C)(C)C. The quantitative estimate of drug-likeness (QED) is 0.235. The van der Waals surface area contributed by atoms with Crippen LogP contribution in [0.3, 0.4) is 0 Å². The lowest BCUT2D eigenvalue weighted by atomic mass is 9.57. The van der Waals surface area contributed by atoms with Gasteiger partial charge < -0.3 is 9.16 Å². The third-order valence-corrected chi connectivity index (χ3v) is 13.0. The van der Waals surface area contributed by atoms with E-state index in [-0.39, 0.29) is 5.60 Å². The molecule has 0 aromatic heterocycles. The van der Waals surface area contributed by atoms with Gasteiger partial charge in [-0.25, -0.2) is 0 Å². The van der Waals surface area contributed by atoms with Crippen LogP contribution >= 0.6 is 0 Å². The lowest BCUT2D eigenvalue weighted by molar-refractivity contribution is -0.127. The molecule has 5 atom stereocenters. The highest BCUT2D eigenvalue weighted by molar-refractivity contribution is 6.74. The van der Waals surface area contributed by atoms with E-state index in [0.29, 0.717) is 22.5 Å². The zero-order valence-corrected chi connectivity index (χ0v) is 22.3. The molecule has 0 amide bonds. The molecule has 0 N–H and O–H groups in total. The van der Waals surface area contributed by atoms with Gasteiger partial charge in [0.2, 0.25) is 0 Å². The van der Waals surface area contributed by atoms with E-state index in [9.17, 15) is 0 Å². The molecule has 2 fully saturated rings. The number of hydrogen-bond acceptors (Lipinski definition) is 2. The minimum absolute atomic E-state index is 0.0553. The number of rotatable bonds is 7. The van der Waals surface area contributed by atoms with Gasteiger partial charge in [0, 0.05) is 6.61 Å². The number of allylic oxidation sites excluding steroid dienone is 1. The monoisotopic (exact) mass is 422 g/mol. The molecule has 170 valence electrons. The van der Waals surface area contributed by atoms with E-state index in [0.717, 1.165) is 18.4 Å². The van der Waals surface area contributed by atoms with Crippen molar-refractivity contribution in [3.63, 3.8) is 0 Å². The Morgan fingerprint density at radius 1 is 1.07 bits per heavy atom. The van der Waals surface area contributed by atoms with Gasteiger partial charge in [-0.1, -0.05) is 39.8 Å². The van der Waals surface area contributed by atoms with Crippen LogP contribution in [0.5, 0.6) is 0 Å². The minimum atomic E-state index is -1.65. The summed E-state index contributed by atoms with van der Waals surface area (Å²) in [6.07, 6.45) is 7.96. The lowest BCUT2D eigenvalue weighted by Crippen LogP contribution is -2.46. The molecule has 2 nitrogen and oxygen atoms in total. The summed E-state index contributed by atoms with van der Waals surface area (Å²) in [5.74, 6) is 2.18. The molecule has 0 bridgehead atoms. The molecule has 2 aliphatic carbocycles. The van der Waals surface area contributed by atoms with Gasteiger partial charge in [0.25, 0.3) is 0 Å². The van der Waals surface area contributed by atoms with Gasteiger partial charge in [-0.3, -0.25) is 0 Å². The van der Waals surface area contributed by atoms with Crippen LogP contribution in [-0.2, 0) is 9.16 Å². The summed E-state index contributed by atoms with van der Waals surface area (Å²) < 4.78 is 13.1. The van der Waals surface area contributed by atoms with Gasteiger partial charge >= 0.3 is 0 Å². The number of hydrogen-bond donors (Lipinski definition) is 0. The molecule has 3 heteroatoms. The van der Waals surface area contributed by atoms with E-state index in [1.54, 1.807) is 0 Å². The normalized spacial score (nSPS) is 33.6. The standard InChI is InChI=1S/C26H50O2Si/c1-19(2)20-16-17-26(9)22(14-15-23(26)28-24(3,4)5)21(20)13-12-18-27-29(10,11)25(6,7)8/h20-23H,1,12-18H2,2-11H3/t20-,21-,22+,23+,26+/m1/s1. The Morgan fingerprint density at radius 3 is 2.21 bits per heavy atom. The van der Waals surface area contributed by atoms with E-state index in [4.69, 9.17) is 9.16 Å². The summed E-state index contributed by atoms with van der Waals surface area (Å²) in [6, 6.07) is 0. The van der Waals surface area contributed by atoms with Crippen molar-refractivity contribution in [1.82, 2.24) is 0 Å². The molecule has 2 aliphatic rings. The molecular formula is C26H50O2Si. The Balaban J connectivity index is 2.06. The number of ether oxygens (including phenoxy) is 1. The molecule has 0 unspecified atom stereocenters. The molecule has 0 aliphatic heterocycles. The predicted octanol–water partition coefficient (Wildman–Crippen LogP) is 7.99. The highest BCUT2D eigenvalue weighted by Crippen LogP contribution is 2.59. The van der Waals surface area contributed by atoms with Gasteiger partial charge in [0.05, 0.1) is 11.7 Å². The van der Waals surface area contributed by atoms with Crippen LogP contribution in [0.15, 0.2) is 12.2 Å². The van der Waals surface area contributed by atoms with Crippen molar-refractivity contribution >= 4 is 8.32 Å². The topological polar surface area (TPSA) is 18.5 Å². The first-order valence-corrected chi connectivity index (χ1v) is 15.0. The van der Waals surface area contributed by atoms with Crippen LogP contribution in [0.1, 0.15) is 93.9 Å². The van der Waals surface area contributed by atoms with Gasteiger partial charge in [0.15, 0.2) is 8.32 Å². The maximum Gasteiger partial charge on any atom is 0.191 e. The van der Waals surface area contributed by atoms with E-state index in [2.05, 4.69) is 75.1 Å². The van der Waals surface area contributed by atoms with Crippen molar-refractivity contribution in [2.24, 2.45) is 23.2 Å². The van der Waals surface area contributed by atoms with Crippen LogP contribution in [-0.4, -0.2) is 26.6 Å².